The lowest BCUT2D eigenvalue weighted by Gasteiger charge is -2.14. The number of hydrogen-bond donors (Lipinski definition) is 0. The largest absolute Gasteiger partial charge is 0.493 e. The number of methoxy groups -OCH3 is 1. The number of esters is 1. The van der Waals surface area contributed by atoms with Crippen molar-refractivity contribution in [2.24, 2.45) is 0 Å². The maximum atomic E-state index is 12.6. The van der Waals surface area contributed by atoms with Crippen LogP contribution in [-0.4, -0.2) is 24.6 Å². The SMILES string of the molecule is COc1cc(C2SCCS2)ccc1OC(=O)c1ccc2ccccc2c1. The van der Waals surface area contributed by atoms with Crippen molar-refractivity contribution in [2.45, 2.75) is 4.58 Å². The van der Waals surface area contributed by atoms with Gasteiger partial charge >= 0.3 is 5.97 Å². The number of carbonyl (C=O) groups excluding carboxylic acids is 1. The highest BCUT2D eigenvalue weighted by Crippen LogP contribution is 2.47. The summed E-state index contributed by atoms with van der Waals surface area (Å²) in [5, 5.41) is 2.11. The van der Waals surface area contributed by atoms with Crippen LogP contribution < -0.4 is 9.47 Å². The highest BCUT2D eigenvalue weighted by atomic mass is 32.2. The van der Waals surface area contributed by atoms with E-state index in [0.29, 0.717) is 21.6 Å². The lowest BCUT2D eigenvalue weighted by atomic mass is 10.1. The van der Waals surface area contributed by atoms with Crippen molar-refractivity contribution in [3.8, 4) is 11.5 Å². The van der Waals surface area contributed by atoms with Gasteiger partial charge in [0, 0.05) is 11.5 Å². The van der Waals surface area contributed by atoms with Crippen LogP contribution in [0.1, 0.15) is 20.5 Å². The van der Waals surface area contributed by atoms with E-state index in [9.17, 15) is 4.79 Å². The van der Waals surface area contributed by atoms with E-state index in [1.165, 1.54) is 5.56 Å². The van der Waals surface area contributed by atoms with E-state index in [-0.39, 0.29) is 5.97 Å². The maximum absolute atomic E-state index is 12.6. The molecule has 1 fully saturated rings. The number of fused-ring (bicyclic) bond motifs is 1. The zero-order valence-corrected chi connectivity index (χ0v) is 15.9. The Morgan fingerprint density at radius 2 is 1.69 bits per heavy atom. The van der Waals surface area contributed by atoms with Crippen molar-refractivity contribution >= 4 is 40.3 Å². The Balaban J connectivity index is 1.57. The van der Waals surface area contributed by atoms with Gasteiger partial charge in [-0.25, -0.2) is 4.79 Å². The van der Waals surface area contributed by atoms with Crippen molar-refractivity contribution in [3.63, 3.8) is 0 Å². The zero-order chi connectivity index (χ0) is 17.9. The molecule has 0 spiro atoms. The Morgan fingerprint density at radius 1 is 0.923 bits per heavy atom. The molecule has 1 aliphatic heterocycles. The molecule has 3 nitrogen and oxygen atoms in total. The molecule has 1 saturated heterocycles. The van der Waals surface area contributed by atoms with Crippen molar-refractivity contribution in [2.75, 3.05) is 18.6 Å². The van der Waals surface area contributed by atoms with Gasteiger partial charge in [-0.15, -0.1) is 23.5 Å². The highest BCUT2D eigenvalue weighted by Gasteiger charge is 2.21. The zero-order valence-electron chi connectivity index (χ0n) is 14.3. The number of thioether (sulfide) groups is 2. The molecule has 3 aromatic carbocycles. The van der Waals surface area contributed by atoms with Crippen LogP contribution in [-0.2, 0) is 0 Å². The van der Waals surface area contributed by atoms with E-state index >= 15 is 0 Å². The molecule has 0 amide bonds. The van der Waals surface area contributed by atoms with Crippen molar-refractivity contribution in [1.29, 1.82) is 0 Å². The first kappa shape index (κ1) is 17.3. The quantitative estimate of drug-likeness (QED) is 0.437. The van der Waals surface area contributed by atoms with Crippen LogP contribution in [0.4, 0.5) is 0 Å². The third-order valence-corrected chi connectivity index (χ3v) is 7.37. The molecule has 0 aliphatic carbocycles. The van der Waals surface area contributed by atoms with E-state index in [4.69, 9.17) is 9.47 Å². The minimum atomic E-state index is -0.383. The van der Waals surface area contributed by atoms with E-state index < -0.39 is 0 Å². The number of benzene rings is 3. The minimum absolute atomic E-state index is 0.383. The molecule has 1 aliphatic rings. The van der Waals surface area contributed by atoms with Crippen molar-refractivity contribution in [3.05, 3.63) is 71.8 Å². The Kier molecular flexibility index (Phi) is 5.09. The Hall–Kier alpha value is -2.11. The van der Waals surface area contributed by atoms with E-state index in [0.717, 1.165) is 22.3 Å². The van der Waals surface area contributed by atoms with Crippen molar-refractivity contribution < 1.29 is 14.3 Å². The van der Waals surface area contributed by atoms with Gasteiger partial charge in [-0.1, -0.05) is 36.4 Å². The fourth-order valence-electron chi connectivity index (χ4n) is 2.94. The molecule has 26 heavy (non-hydrogen) atoms. The van der Waals surface area contributed by atoms with Gasteiger partial charge in [-0.3, -0.25) is 0 Å². The molecule has 0 aromatic heterocycles. The van der Waals surface area contributed by atoms with Crippen LogP contribution in [0.5, 0.6) is 11.5 Å². The molecular formula is C21H18O3S2. The van der Waals surface area contributed by atoms with Crippen molar-refractivity contribution in [1.82, 2.24) is 0 Å². The Morgan fingerprint density at radius 3 is 2.46 bits per heavy atom. The molecule has 0 unspecified atom stereocenters. The summed E-state index contributed by atoms with van der Waals surface area (Å²) in [7, 11) is 1.60. The fourth-order valence-corrected chi connectivity index (χ4v) is 5.78. The molecule has 0 atom stereocenters. The summed E-state index contributed by atoms with van der Waals surface area (Å²) >= 11 is 3.86. The molecule has 0 N–H and O–H groups in total. The van der Waals surface area contributed by atoms with Gasteiger partial charge in [-0.2, -0.15) is 0 Å². The molecule has 0 saturated carbocycles. The summed E-state index contributed by atoms with van der Waals surface area (Å²) in [6.45, 7) is 0. The second kappa shape index (κ2) is 7.64. The lowest BCUT2D eigenvalue weighted by Crippen LogP contribution is -2.09. The third kappa shape index (κ3) is 3.55. The highest BCUT2D eigenvalue weighted by molar-refractivity contribution is 8.19. The first-order valence-corrected chi connectivity index (χ1v) is 10.5. The maximum Gasteiger partial charge on any atom is 0.343 e. The third-order valence-electron chi connectivity index (χ3n) is 4.27. The first-order chi connectivity index (χ1) is 12.7. The average Bonchev–Trinajstić information content (AvgIpc) is 3.22. The van der Waals surface area contributed by atoms with Gasteiger partial charge in [0.1, 0.15) is 0 Å². The second-order valence-corrected chi connectivity index (χ2v) is 8.66. The standard InChI is InChI=1S/C21H18O3S2/c1-23-19-13-17(21-25-10-11-26-21)8-9-18(19)24-20(22)16-7-6-14-4-2-3-5-15(14)12-16/h2-9,12-13,21H,10-11H2,1H3. The lowest BCUT2D eigenvalue weighted by molar-refractivity contribution is 0.0730. The molecule has 5 heteroatoms. The molecule has 132 valence electrons. The van der Waals surface area contributed by atoms with Gasteiger partial charge in [0.05, 0.1) is 17.3 Å². The van der Waals surface area contributed by atoms with Gasteiger partial charge in [0.25, 0.3) is 0 Å². The molecular weight excluding hydrogens is 364 g/mol. The van der Waals surface area contributed by atoms with E-state index in [1.807, 2.05) is 78.1 Å². The van der Waals surface area contributed by atoms with Crippen LogP contribution in [0.25, 0.3) is 10.8 Å². The van der Waals surface area contributed by atoms with Crippen LogP contribution in [0, 0.1) is 0 Å². The predicted octanol–water partition coefficient (Wildman–Crippen LogP) is 5.55. The van der Waals surface area contributed by atoms with Crippen LogP contribution in [0.15, 0.2) is 60.7 Å². The summed E-state index contributed by atoms with van der Waals surface area (Å²) in [6.07, 6.45) is 0. The minimum Gasteiger partial charge on any atom is -0.493 e. The topological polar surface area (TPSA) is 35.5 Å². The van der Waals surface area contributed by atoms with Gasteiger partial charge in [0.15, 0.2) is 11.5 Å². The predicted molar refractivity (Wildman–Crippen MR) is 110 cm³/mol. The summed E-state index contributed by atoms with van der Waals surface area (Å²) < 4.78 is 11.5. The number of ether oxygens (including phenoxy) is 2. The fraction of sp³-hybridized carbons (Fsp3) is 0.190. The van der Waals surface area contributed by atoms with E-state index in [2.05, 4.69) is 0 Å². The summed E-state index contributed by atoms with van der Waals surface area (Å²) in [4.78, 5) is 12.6. The monoisotopic (exact) mass is 382 g/mol. The Labute approximate surface area is 161 Å². The van der Waals surface area contributed by atoms with Crippen LogP contribution in [0.2, 0.25) is 0 Å². The number of carbonyl (C=O) groups is 1. The number of hydrogen-bond acceptors (Lipinski definition) is 5. The smallest absolute Gasteiger partial charge is 0.343 e. The molecule has 4 rings (SSSR count). The van der Waals surface area contributed by atoms with E-state index in [1.54, 1.807) is 13.2 Å². The number of rotatable bonds is 4. The molecule has 1 heterocycles. The molecule has 0 radical (unpaired) electrons. The Bertz CT molecular complexity index is 949. The summed E-state index contributed by atoms with van der Waals surface area (Å²) in [5.41, 5.74) is 1.72. The first-order valence-electron chi connectivity index (χ1n) is 8.37. The molecule has 3 aromatic rings. The normalized spacial score (nSPS) is 14.5. The van der Waals surface area contributed by atoms with Gasteiger partial charge in [-0.05, 0) is 40.6 Å². The average molecular weight is 383 g/mol. The second-order valence-electron chi connectivity index (χ2n) is 5.94. The van der Waals surface area contributed by atoms with Crippen LogP contribution in [0.3, 0.4) is 0 Å². The summed E-state index contributed by atoms with van der Waals surface area (Å²) in [6, 6.07) is 19.3. The van der Waals surface area contributed by atoms with Gasteiger partial charge in [0.2, 0.25) is 0 Å². The van der Waals surface area contributed by atoms with Gasteiger partial charge < -0.3 is 9.47 Å². The molecule has 0 bridgehead atoms. The van der Waals surface area contributed by atoms with Crippen LogP contribution >= 0.6 is 23.5 Å². The summed E-state index contributed by atoms with van der Waals surface area (Å²) in [5.74, 6) is 2.98.